The Balaban J connectivity index is 1.61. The SMILES string of the molecule is COc1ccc(/C(C)=N\NC(=O)COc2ccccc2F)cc1C[NH+]1CCCCC1. The average molecular weight is 415 g/mol. The highest BCUT2D eigenvalue weighted by Gasteiger charge is 2.17. The predicted molar refractivity (Wildman–Crippen MR) is 113 cm³/mol. The van der Waals surface area contributed by atoms with Gasteiger partial charge in [0, 0.05) is 5.56 Å². The molecule has 3 rings (SSSR count). The second-order valence-electron chi connectivity index (χ2n) is 7.47. The molecule has 0 unspecified atom stereocenters. The summed E-state index contributed by atoms with van der Waals surface area (Å²) in [6.07, 6.45) is 3.84. The second-order valence-corrected chi connectivity index (χ2v) is 7.47. The lowest BCUT2D eigenvalue weighted by molar-refractivity contribution is -0.918. The molecule has 1 heterocycles. The highest BCUT2D eigenvalue weighted by Crippen LogP contribution is 2.20. The number of methoxy groups -OCH3 is 1. The van der Waals surface area contributed by atoms with Crippen molar-refractivity contribution in [2.45, 2.75) is 32.7 Å². The summed E-state index contributed by atoms with van der Waals surface area (Å²) in [5.74, 6) is -0.0593. The molecule has 0 aliphatic carbocycles. The van der Waals surface area contributed by atoms with Gasteiger partial charge in [-0.2, -0.15) is 5.10 Å². The molecule has 0 saturated carbocycles. The number of benzene rings is 2. The number of hydrogen-bond donors (Lipinski definition) is 2. The molecule has 2 aromatic carbocycles. The van der Waals surface area contributed by atoms with Crippen LogP contribution in [0.3, 0.4) is 0 Å². The number of ether oxygens (including phenoxy) is 2. The molecule has 1 fully saturated rings. The molecule has 0 bridgehead atoms. The molecular formula is C23H29FN3O3+. The van der Waals surface area contributed by atoms with Crippen molar-refractivity contribution in [1.29, 1.82) is 0 Å². The Morgan fingerprint density at radius 3 is 2.63 bits per heavy atom. The Labute approximate surface area is 176 Å². The van der Waals surface area contributed by atoms with E-state index in [0.717, 1.165) is 23.4 Å². The summed E-state index contributed by atoms with van der Waals surface area (Å²) in [7, 11) is 1.68. The number of nitrogens with zero attached hydrogens (tertiary/aromatic N) is 1. The van der Waals surface area contributed by atoms with E-state index in [-0.39, 0.29) is 12.4 Å². The molecule has 0 radical (unpaired) electrons. The third-order valence-corrected chi connectivity index (χ3v) is 5.24. The minimum atomic E-state index is -0.508. The first-order valence-corrected chi connectivity index (χ1v) is 10.3. The number of carbonyl (C=O) groups is 1. The largest absolute Gasteiger partial charge is 0.496 e. The van der Waals surface area contributed by atoms with E-state index >= 15 is 0 Å². The lowest BCUT2D eigenvalue weighted by Crippen LogP contribution is -3.11. The van der Waals surface area contributed by atoms with Gasteiger partial charge in [0.25, 0.3) is 5.91 Å². The number of rotatable bonds is 8. The number of quaternary nitrogens is 1. The molecule has 6 nitrogen and oxygen atoms in total. The van der Waals surface area contributed by atoms with E-state index < -0.39 is 11.7 Å². The van der Waals surface area contributed by atoms with Crippen LogP contribution in [-0.2, 0) is 11.3 Å². The zero-order valence-electron chi connectivity index (χ0n) is 17.5. The molecule has 30 heavy (non-hydrogen) atoms. The van der Waals surface area contributed by atoms with E-state index in [1.165, 1.54) is 44.5 Å². The van der Waals surface area contributed by atoms with Gasteiger partial charge in [0.2, 0.25) is 0 Å². The van der Waals surface area contributed by atoms with E-state index in [4.69, 9.17) is 9.47 Å². The van der Waals surface area contributed by atoms with Crippen molar-refractivity contribution in [3.8, 4) is 11.5 Å². The van der Waals surface area contributed by atoms with Crippen molar-refractivity contribution >= 4 is 11.6 Å². The monoisotopic (exact) mass is 414 g/mol. The molecule has 2 aromatic rings. The fourth-order valence-corrected chi connectivity index (χ4v) is 3.59. The minimum Gasteiger partial charge on any atom is -0.496 e. The lowest BCUT2D eigenvalue weighted by atomic mass is 10.0. The number of hydrazone groups is 1. The summed E-state index contributed by atoms with van der Waals surface area (Å²) in [4.78, 5) is 13.6. The molecule has 1 aliphatic heterocycles. The number of likely N-dealkylation sites (tertiary alicyclic amines) is 1. The van der Waals surface area contributed by atoms with Gasteiger partial charge >= 0.3 is 0 Å². The smallest absolute Gasteiger partial charge is 0.277 e. The number of para-hydroxylation sites is 1. The first kappa shape index (κ1) is 21.8. The standard InChI is InChI=1S/C23H28FN3O3/c1-17(25-26-23(28)16-30-22-9-5-4-8-20(22)24)18-10-11-21(29-2)19(14-18)15-27-12-6-3-7-13-27/h4-5,8-11,14H,3,6-7,12-13,15-16H2,1-2H3,(H,26,28)/p+1/b25-17-. The van der Waals surface area contributed by atoms with Crippen LogP contribution in [0, 0.1) is 5.82 Å². The quantitative estimate of drug-likeness (QED) is 0.515. The predicted octanol–water partition coefficient (Wildman–Crippen LogP) is 2.32. The number of amides is 1. The molecule has 1 aliphatic rings. The van der Waals surface area contributed by atoms with E-state index in [1.807, 2.05) is 19.1 Å². The van der Waals surface area contributed by atoms with Gasteiger partial charge in [-0.3, -0.25) is 4.79 Å². The third-order valence-electron chi connectivity index (χ3n) is 5.24. The summed E-state index contributed by atoms with van der Waals surface area (Å²) < 4.78 is 24.3. The number of nitrogens with one attached hydrogen (secondary N) is 2. The molecule has 0 aromatic heterocycles. The zero-order chi connectivity index (χ0) is 21.3. The summed E-state index contributed by atoms with van der Waals surface area (Å²) >= 11 is 0. The van der Waals surface area contributed by atoms with Gasteiger partial charge in [0.1, 0.15) is 12.3 Å². The summed E-state index contributed by atoms with van der Waals surface area (Å²) in [6, 6.07) is 11.9. The van der Waals surface area contributed by atoms with Gasteiger partial charge in [-0.05, 0) is 62.1 Å². The van der Waals surface area contributed by atoms with Crippen molar-refractivity contribution in [3.63, 3.8) is 0 Å². The number of piperidine rings is 1. The highest BCUT2D eigenvalue weighted by molar-refractivity contribution is 5.99. The Morgan fingerprint density at radius 2 is 1.90 bits per heavy atom. The fourth-order valence-electron chi connectivity index (χ4n) is 3.59. The lowest BCUT2D eigenvalue weighted by Gasteiger charge is -2.24. The number of carbonyl (C=O) groups excluding carboxylic acids is 1. The van der Waals surface area contributed by atoms with Crippen LogP contribution in [0.5, 0.6) is 11.5 Å². The van der Waals surface area contributed by atoms with Crippen LogP contribution in [0.1, 0.15) is 37.3 Å². The van der Waals surface area contributed by atoms with Gasteiger partial charge in [-0.15, -0.1) is 0 Å². The van der Waals surface area contributed by atoms with Crippen molar-refractivity contribution in [2.24, 2.45) is 5.10 Å². The topological polar surface area (TPSA) is 64.4 Å². The average Bonchev–Trinajstić information content (AvgIpc) is 2.77. The Morgan fingerprint density at radius 1 is 1.13 bits per heavy atom. The maximum absolute atomic E-state index is 13.5. The Kier molecular flexibility index (Phi) is 7.79. The van der Waals surface area contributed by atoms with Crippen molar-refractivity contribution in [2.75, 3.05) is 26.8 Å². The summed E-state index contributed by atoms with van der Waals surface area (Å²) in [5, 5.41) is 4.17. The van der Waals surface area contributed by atoms with E-state index in [9.17, 15) is 9.18 Å². The van der Waals surface area contributed by atoms with Gasteiger partial charge in [0.05, 0.1) is 25.9 Å². The van der Waals surface area contributed by atoms with Crippen LogP contribution in [-0.4, -0.2) is 38.4 Å². The Hall–Kier alpha value is -2.93. The fraction of sp³-hybridized carbons (Fsp3) is 0.391. The van der Waals surface area contributed by atoms with E-state index in [1.54, 1.807) is 24.1 Å². The number of halogens is 1. The molecule has 2 N–H and O–H groups in total. The van der Waals surface area contributed by atoms with Crippen molar-refractivity contribution in [1.82, 2.24) is 5.43 Å². The van der Waals surface area contributed by atoms with Crippen LogP contribution in [0.2, 0.25) is 0 Å². The zero-order valence-corrected chi connectivity index (χ0v) is 17.5. The molecular weight excluding hydrogens is 385 g/mol. The van der Waals surface area contributed by atoms with Gasteiger partial charge in [-0.1, -0.05) is 12.1 Å². The first-order chi connectivity index (χ1) is 14.6. The normalized spacial score (nSPS) is 15.0. The second kappa shape index (κ2) is 10.7. The molecule has 7 heteroatoms. The summed E-state index contributed by atoms with van der Waals surface area (Å²) in [5.41, 5.74) is 5.19. The molecule has 0 spiro atoms. The van der Waals surface area contributed by atoms with Crippen LogP contribution in [0.15, 0.2) is 47.6 Å². The maximum Gasteiger partial charge on any atom is 0.277 e. The van der Waals surface area contributed by atoms with Crippen LogP contribution in [0.25, 0.3) is 0 Å². The molecule has 1 amide bonds. The first-order valence-electron chi connectivity index (χ1n) is 10.3. The van der Waals surface area contributed by atoms with E-state index in [0.29, 0.717) is 5.71 Å². The van der Waals surface area contributed by atoms with Crippen LogP contribution in [0.4, 0.5) is 4.39 Å². The maximum atomic E-state index is 13.5. The molecule has 1 saturated heterocycles. The highest BCUT2D eigenvalue weighted by atomic mass is 19.1. The van der Waals surface area contributed by atoms with Crippen molar-refractivity contribution in [3.05, 3.63) is 59.4 Å². The van der Waals surface area contributed by atoms with Crippen LogP contribution < -0.4 is 19.8 Å². The Bertz CT molecular complexity index is 895. The van der Waals surface area contributed by atoms with Gasteiger partial charge in [0.15, 0.2) is 18.2 Å². The third kappa shape index (κ3) is 6.03. The van der Waals surface area contributed by atoms with Gasteiger partial charge < -0.3 is 14.4 Å². The van der Waals surface area contributed by atoms with Crippen molar-refractivity contribution < 1.29 is 23.6 Å². The van der Waals surface area contributed by atoms with Gasteiger partial charge in [-0.25, -0.2) is 9.82 Å². The molecule has 160 valence electrons. The van der Waals surface area contributed by atoms with E-state index in [2.05, 4.69) is 16.6 Å². The number of hydrogen-bond acceptors (Lipinski definition) is 4. The summed E-state index contributed by atoms with van der Waals surface area (Å²) in [6.45, 7) is 4.78. The molecule has 0 atom stereocenters. The minimum absolute atomic E-state index is 0.0355. The van der Waals surface area contributed by atoms with Crippen LogP contribution >= 0.6 is 0 Å².